The summed E-state index contributed by atoms with van der Waals surface area (Å²) in [4.78, 5) is 0. The van der Waals surface area contributed by atoms with Crippen molar-refractivity contribution in [2.45, 2.75) is 12.1 Å². The molecule has 0 spiro atoms. The van der Waals surface area contributed by atoms with E-state index in [-0.39, 0.29) is 12.1 Å². The van der Waals surface area contributed by atoms with Gasteiger partial charge in [0.05, 0.1) is 23.5 Å². The van der Waals surface area contributed by atoms with Crippen LogP contribution in [0.2, 0.25) is 0 Å². The summed E-state index contributed by atoms with van der Waals surface area (Å²) >= 11 is 0. The van der Waals surface area contributed by atoms with E-state index in [0.29, 0.717) is 0 Å². The van der Waals surface area contributed by atoms with Crippen molar-refractivity contribution in [1.82, 2.24) is 0 Å². The molecule has 3 heteroatoms. The number of rotatable bonds is 4. The van der Waals surface area contributed by atoms with Crippen LogP contribution in [0.25, 0.3) is 65.7 Å². The monoisotopic (exact) mass is 628 g/mol. The van der Waals surface area contributed by atoms with E-state index in [0.717, 1.165) is 33.3 Å². The lowest BCUT2D eigenvalue weighted by Crippen LogP contribution is -2.30. The van der Waals surface area contributed by atoms with Gasteiger partial charge in [-0.15, -0.1) is 0 Å². The Balaban J connectivity index is 1.13. The maximum atomic E-state index is 6.29. The van der Waals surface area contributed by atoms with Gasteiger partial charge in [0.1, 0.15) is 11.2 Å². The summed E-state index contributed by atoms with van der Waals surface area (Å²) < 4.78 is 6.29. The molecule has 2 unspecified atom stereocenters. The second kappa shape index (κ2) is 11.1. The lowest BCUT2D eigenvalue weighted by Gasteiger charge is -2.38. The molecule has 232 valence electrons. The number of hydrogen-bond donors (Lipinski definition) is 2. The lowest BCUT2D eigenvalue weighted by atomic mass is 9.87. The average molecular weight is 629 g/mol. The van der Waals surface area contributed by atoms with Gasteiger partial charge in [0, 0.05) is 16.2 Å². The van der Waals surface area contributed by atoms with E-state index in [1.807, 2.05) is 12.1 Å². The number of anilines is 2. The molecule has 0 radical (unpaired) electrons. The zero-order valence-corrected chi connectivity index (χ0v) is 26.7. The fraction of sp³-hybridized carbons (Fsp3) is 0.0435. The van der Waals surface area contributed by atoms with Crippen LogP contribution in [0.5, 0.6) is 0 Å². The number of benzene rings is 8. The Kier molecular flexibility index (Phi) is 6.31. The molecule has 8 aromatic carbocycles. The van der Waals surface area contributed by atoms with Gasteiger partial charge in [-0.05, 0) is 73.8 Å². The highest BCUT2D eigenvalue weighted by Crippen LogP contribution is 2.48. The standard InChI is InChI=1S/C46H32N2O/c1-2-13-30(14-3-1)44-45(32-25-24-29-12-4-5-15-31(29)28-32)47-40-27-26-36-34(19-10-21-38(36)46(40)48-44)33-16-6-7-17-35(33)37-20-11-23-42-43(37)39-18-8-9-22-41(39)49-42/h1-28,44-45,47-48H. The van der Waals surface area contributed by atoms with E-state index in [1.54, 1.807) is 0 Å². The largest absolute Gasteiger partial charge is 0.456 e. The predicted molar refractivity (Wildman–Crippen MR) is 205 cm³/mol. The summed E-state index contributed by atoms with van der Waals surface area (Å²) in [5.74, 6) is 0. The minimum atomic E-state index is 0.0309. The third kappa shape index (κ3) is 4.51. The second-order valence-electron chi connectivity index (χ2n) is 13.0. The first-order chi connectivity index (χ1) is 24.3. The number of fused-ring (bicyclic) bond motifs is 7. The summed E-state index contributed by atoms with van der Waals surface area (Å²) in [7, 11) is 0. The van der Waals surface area contributed by atoms with E-state index in [2.05, 4.69) is 168 Å². The molecule has 0 fully saturated rings. The topological polar surface area (TPSA) is 37.2 Å². The molecule has 3 nitrogen and oxygen atoms in total. The van der Waals surface area contributed by atoms with Crippen molar-refractivity contribution >= 4 is 54.9 Å². The minimum Gasteiger partial charge on any atom is -0.456 e. The summed E-state index contributed by atoms with van der Waals surface area (Å²) in [5.41, 5.74) is 11.3. The molecule has 2 N–H and O–H groups in total. The zero-order valence-electron chi connectivity index (χ0n) is 26.7. The van der Waals surface area contributed by atoms with Crippen molar-refractivity contribution in [3.8, 4) is 22.3 Å². The van der Waals surface area contributed by atoms with Gasteiger partial charge in [-0.1, -0.05) is 146 Å². The molecule has 0 saturated heterocycles. The van der Waals surface area contributed by atoms with Gasteiger partial charge in [0.25, 0.3) is 0 Å². The summed E-state index contributed by atoms with van der Waals surface area (Å²) in [5, 5.41) is 15.2. The molecule has 0 amide bonds. The van der Waals surface area contributed by atoms with Crippen molar-refractivity contribution in [3.63, 3.8) is 0 Å². The Morgan fingerprint density at radius 3 is 1.94 bits per heavy atom. The first-order valence-corrected chi connectivity index (χ1v) is 16.9. The fourth-order valence-electron chi connectivity index (χ4n) is 7.92. The van der Waals surface area contributed by atoms with Gasteiger partial charge in [-0.3, -0.25) is 0 Å². The Hall–Kier alpha value is -6.32. The molecule has 0 saturated carbocycles. The van der Waals surface area contributed by atoms with Gasteiger partial charge >= 0.3 is 0 Å². The van der Waals surface area contributed by atoms with E-state index in [9.17, 15) is 0 Å². The highest BCUT2D eigenvalue weighted by atomic mass is 16.3. The Morgan fingerprint density at radius 2 is 1.04 bits per heavy atom. The van der Waals surface area contributed by atoms with Crippen LogP contribution in [0.1, 0.15) is 23.2 Å². The molecule has 9 aromatic rings. The normalized spacial score (nSPS) is 15.7. The van der Waals surface area contributed by atoms with Crippen molar-refractivity contribution in [3.05, 3.63) is 181 Å². The zero-order chi connectivity index (χ0) is 32.3. The predicted octanol–water partition coefficient (Wildman–Crippen LogP) is 12.5. The molecule has 10 rings (SSSR count). The second-order valence-corrected chi connectivity index (χ2v) is 13.0. The minimum absolute atomic E-state index is 0.0309. The highest BCUT2D eigenvalue weighted by Gasteiger charge is 2.31. The van der Waals surface area contributed by atoms with Crippen molar-refractivity contribution in [1.29, 1.82) is 0 Å². The lowest BCUT2D eigenvalue weighted by molar-refractivity contribution is 0.638. The van der Waals surface area contributed by atoms with Crippen molar-refractivity contribution < 1.29 is 4.42 Å². The molecule has 1 aliphatic heterocycles. The number of furan rings is 1. The Morgan fingerprint density at radius 1 is 0.388 bits per heavy atom. The van der Waals surface area contributed by atoms with E-state index in [1.165, 1.54) is 54.9 Å². The van der Waals surface area contributed by atoms with Crippen LogP contribution in [-0.2, 0) is 0 Å². The summed E-state index contributed by atoms with van der Waals surface area (Å²) in [6.07, 6.45) is 0. The number of nitrogens with one attached hydrogen (secondary N) is 2. The maximum absolute atomic E-state index is 6.29. The fourth-order valence-corrected chi connectivity index (χ4v) is 7.92. The molecule has 1 aliphatic rings. The quantitative estimate of drug-likeness (QED) is 0.204. The molecular weight excluding hydrogens is 597 g/mol. The highest BCUT2D eigenvalue weighted by molar-refractivity contribution is 6.15. The van der Waals surface area contributed by atoms with Gasteiger partial charge in [0.15, 0.2) is 0 Å². The van der Waals surface area contributed by atoms with Crippen LogP contribution in [0, 0.1) is 0 Å². The van der Waals surface area contributed by atoms with Crippen LogP contribution in [0.15, 0.2) is 174 Å². The first kappa shape index (κ1) is 27.8. The van der Waals surface area contributed by atoms with Gasteiger partial charge in [0.2, 0.25) is 0 Å². The van der Waals surface area contributed by atoms with Crippen LogP contribution in [0.3, 0.4) is 0 Å². The van der Waals surface area contributed by atoms with Crippen LogP contribution >= 0.6 is 0 Å². The van der Waals surface area contributed by atoms with Gasteiger partial charge in [-0.25, -0.2) is 0 Å². The van der Waals surface area contributed by atoms with Gasteiger partial charge in [-0.2, -0.15) is 0 Å². The molecule has 2 atom stereocenters. The average Bonchev–Trinajstić information content (AvgIpc) is 3.56. The number of hydrogen-bond acceptors (Lipinski definition) is 3. The SMILES string of the molecule is c1ccc(C2Nc3c(ccc4c(-c5ccccc5-c5cccc6oc7ccccc7c56)cccc34)NC2c2ccc3ccccc3c2)cc1. The van der Waals surface area contributed by atoms with Crippen LogP contribution < -0.4 is 10.6 Å². The third-order valence-electron chi connectivity index (χ3n) is 10.2. The summed E-state index contributed by atoms with van der Waals surface area (Å²) in [6.45, 7) is 0. The molecular formula is C46H32N2O. The van der Waals surface area contributed by atoms with E-state index < -0.39 is 0 Å². The van der Waals surface area contributed by atoms with Crippen LogP contribution in [-0.4, -0.2) is 0 Å². The molecule has 49 heavy (non-hydrogen) atoms. The smallest absolute Gasteiger partial charge is 0.136 e. The molecule has 2 heterocycles. The van der Waals surface area contributed by atoms with Crippen molar-refractivity contribution in [2.24, 2.45) is 0 Å². The number of para-hydroxylation sites is 1. The maximum Gasteiger partial charge on any atom is 0.136 e. The first-order valence-electron chi connectivity index (χ1n) is 16.9. The third-order valence-corrected chi connectivity index (χ3v) is 10.2. The van der Waals surface area contributed by atoms with Gasteiger partial charge < -0.3 is 15.1 Å². The van der Waals surface area contributed by atoms with Crippen molar-refractivity contribution in [2.75, 3.05) is 10.6 Å². The molecule has 0 bridgehead atoms. The molecule has 0 aliphatic carbocycles. The Labute approximate surface area is 284 Å². The Bertz CT molecular complexity index is 2690. The summed E-state index contributed by atoms with van der Waals surface area (Å²) in [6, 6.07) is 61.0. The van der Waals surface area contributed by atoms with E-state index in [4.69, 9.17) is 4.42 Å². The van der Waals surface area contributed by atoms with E-state index >= 15 is 0 Å². The van der Waals surface area contributed by atoms with Crippen LogP contribution in [0.4, 0.5) is 11.4 Å². The molecule has 1 aromatic heterocycles.